The maximum Gasteiger partial charge on any atom is 0.273 e. The number of benzene rings is 2. The van der Waals surface area contributed by atoms with Gasteiger partial charge in [-0.05, 0) is 55.5 Å². The number of ether oxygens (including phenoxy) is 1. The number of hydrogen-bond donors (Lipinski definition) is 0. The van der Waals surface area contributed by atoms with Crippen LogP contribution in [0.3, 0.4) is 0 Å². The number of hydrazine groups is 1. The van der Waals surface area contributed by atoms with Gasteiger partial charge in [-0.1, -0.05) is 11.6 Å². The largest absolute Gasteiger partial charge is 0.497 e. The fourth-order valence-corrected chi connectivity index (χ4v) is 3.20. The zero-order chi connectivity index (χ0) is 21.1. The number of methoxy groups -OCH3 is 1. The molecule has 0 unspecified atom stereocenters. The molecule has 7 nitrogen and oxygen atoms in total. The number of carbonyl (C=O) groups excluding carboxylic acids is 4. The van der Waals surface area contributed by atoms with E-state index in [9.17, 15) is 19.2 Å². The molecule has 0 radical (unpaired) electrons. The number of nitrogens with zero attached hydrogens (tertiary/aromatic N) is 2. The summed E-state index contributed by atoms with van der Waals surface area (Å²) in [7, 11) is 1.51. The number of ketones is 1. The maximum atomic E-state index is 13.2. The molecule has 0 saturated carbocycles. The van der Waals surface area contributed by atoms with Gasteiger partial charge in [0.1, 0.15) is 11.8 Å². The van der Waals surface area contributed by atoms with Crippen molar-refractivity contribution in [3.8, 4) is 5.75 Å². The summed E-state index contributed by atoms with van der Waals surface area (Å²) in [5.41, 5.74) is 0.530. The monoisotopic (exact) mass is 414 g/mol. The van der Waals surface area contributed by atoms with Gasteiger partial charge in [-0.15, -0.1) is 0 Å². The molecule has 0 spiro atoms. The summed E-state index contributed by atoms with van der Waals surface area (Å²) in [5, 5.41) is 2.15. The Morgan fingerprint density at radius 1 is 0.966 bits per heavy atom. The quantitative estimate of drug-likeness (QED) is 0.535. The van der Waals surface area contributed by atoms with Crippen molar-refractivity contribution >= 4 is 35.1 Å². The van der Waals surface area contributed by atoms with Crippen LogP contribution < -0.4 is 4.74 Å². The molecular formula is C21H19ClN2O5. The van der Waals surface area contributed by atoms with Crippen molar-refractivity contribution in [1.29, 1.82) is 0 Å². The highest BCUT2D eigenvalue weighted by molar-refractivity contribution is 6.30. The third kappa shape index (κ3) is 4.14. The Morgan fingerprint density at radius 3 is 2.00 bits per heavy atom. The Balaban J connectivity index is 1.98. The zero-order valence-corrected chi connectivity index (χ0v) is 16.7. The second-order valence-electron chi connectivity index (χ2n) is 6.52. The normalized spacial score (nSPS) is 14.7. The first kappa shape index (κ1) is 20.5. The standard InChI is InChI=1S/C21H19ClN2O5/c1-13(20(27)14-5-9-17(29-2)10-6-14)23(24-18(25)11-12-19(24)26)21(28)15-3-7-16(22)8-4-15/h3-10,13H,11-12H2,1-2H3/t13-/m0/s1. The lowest BCUT2D eigenvalue weighted by molar-refractivity contribution is -0.154. The molecule has 0 aliphatic carbocycles. The average molecular weight is 415 g/mol. The first-order valence-corrected chi connectivity index (χ1v) is 9.34. The molecule has 150 valence electrons. The second-order valence-corrected chi connectivity index (χ2v) is 6.96. The van der Waals surface area contributed by atoms with Crippen LogP contribution in [0.2, 0.25) is 5.02 Å². The fourth-order valence-electron chi connectivity index (χ4n) is 3.08. The van der Waals surface area contributed by atoms with E-state index >= 15 is 0 Å². The van der Waals surface area contributed by atoms with Crippen molar-refractivity contribution in [1.82, 2.24) is 10.0 Å². The highest BCUT2D eigenvalue weighted by Gasteiger charge is 2.41. The van der Waals surface area contributed by atoms with Crippen molar-refractivity contribution in [2.75, 3.05) is 7.11 Å². The van der Waals surface area contributed by atoms with E-state index in [0.29, 0.717) is 16.3 Å². The molecule has 2 aromatic carbocycles. The minimum Gasteiger partial charge on any atom is -0.497 e. The van der Waals surface area contributed by atoms with E-state index in [2.05, 4.69) is 0 Å². The molecule has 3 amide bonds. The van der Waals surface area contributed by atoms with Crippen molar-refractivity contribution in [2.24, 2.45) is 0 Å². The minimum absolute atomic E-state index is 0.00726. The van der Waals surface area contributed by atoms with Gasteiger partial charge in [0.05, 0.1) is 7.11 Å². The summed E-state index contributed by atoms with van der Waals surface area (Å²) >= 11 is 5.88. The fraction of sp³-hybridized carbons (Fsp3) is 0.238. The van der Waals surface area contributed by atoms with E-state index in [-0.39, 0.29) is 18.4 Å². The summed E-state index contributed by atoms with van der Waals surface area (Å²) < 4.78 is 5.09. The molecule has 0 bridgehead atoms. The molecule has 2 aromatic rings. The molecule has 1 aliphatic heterocycles. The molecule has 0 aromatic heterocycles. The number of rotatable bonds is 6. The predicted octanol–water partition coefficient (Wildman–Crippen LogP) is 3.13. The molecule has 1 fully saturated rings. The number of amides is 3. The SMILES string of the molecule is COc1ccc(C(=O)[C@H](C)N(C(=O)c2ccc(Cl)cc2)N2C(=O)CCC2=O)cc1. The molecule has 1 saturated heterocycles. The molecule has 1 aliphatic rings. The van der Waals surface area contributed by atoms with Gasteiger partial charge in [-0.25, -0.2) is 5.01 Å². The van der Waals surface area contributed by atoms with E-state index < -0.39 is 29.5 Å². The van der Waals surface area contributed by atoms with Gasteiger partial charge < -0.3 is 4.74 Å². The maximum absolute atomic E-state index is 13.2. The first-order valence-electron chi connectivity index (χ1n) is 8.96. The van der Waals surface area contributed by atoms with Crippen molar-refractivity contribution < 1.29 is 23.9 Å². The molecule has 29 heavy (non-hydrogen) atoms. The topological polar surface area (TPSA) is 84.0 Å². The van der Waals surface area contributed by atoms with Crippen molar-refractivity contribution in [3.63, 3.8) is 0 Å². The smallest absolute Gasteiger partial charge is 0.273 e. The molecular weight excluding hydrogens is 396 g/mol. The predicted molar refractivity (Wildman–Crippen MR) is 105 cm³/mol. The molecule has 1 heterocycles. The van der Waals surface area contributed by atoms with Crippen molar-refractivity contribution in [2.45, 2.75) is 25.8 Å². The van der Waals surface area contributed by atoms with Crippen LogP contribution in [0.4, 0.5) is 0 Å². The molecule has 0 N–H and O–H groups in total. The van der Waals surface area contributed by atoms with E-state index in [1.165, 1.54) is 38.3 Å². The minimum atomic E-state index is -1.09. The number of imide groups is 1. The van der Waals surface area contributed by atoms with Gasteiger partial charge in [-0.3, -0.25) is 19.2 Å². The number of carbonyl (C=O) groups is 4. The lowest BCUT2D eigenvalue weighted by Gasteiger charge is -2.34. The number of hydrogen-bond acceptors (Lipinski definition) is 5. The van der Waals surface area contributed by atoms with Crippen LogP contribution in [-0.2, 0) is 9.59 Å². The highest BCUT2D eigenvalue weighted by atomic mass is 35.5. The summed E-state index contributed by atoms with van der Waals surface area (Å²) in [5.74, 6) is -1.52. The van der Waals surface area contributed by atoms with Gasteiger partial charge >= 0.3 is 0 Å². The van der Waals surface area contributed by atoms with Crippen LogP contribution in [0.1, 0.15) is 40.5 Å². The van der Waals surface area contributed by atoms with Crippen LogP contribution in [0, 0.1) is 0 Å². The Labute approximate surface area is 172 Å². The van der Waals surface area contributed by atoms with E-state index in [1.54, 1.807) is 24.3 Å². The Hall–Kier alpha value is -3.19. The van der Waals surface area contributed by atoms with Gasteiger partial charge in [-0.2, -0.15) is 5.01 Å². The van der Waals surface area contributed by atoms with Crippen LogP contribution in [0.25, 0.3) is 0 Å². The molecule has 3 rings (SSSR count). The van der Waals surface area contributed by atoms with Crippen LogP contribution in [0.5, 0.6) is 5.75 Å². The van der Waals surface area contributed by atoms with E-state index in [0.717, 1.165) is 10.0 Å². The van der Waals surface area contributed by atoms with Crippen molar-refractivity contribution in [3.05, 3.63) is 64.7 Å². The Bertz CT molecular complexity index is 940. The van der Waals surface area contributed by atoms with Crippen LogP contribution in [-0.4, -0.2) is 46.7 Å². The van der Waals surface area contributed by atoms with Gasteiger partial charge in [0.2, 0.25) is 11.8 Å². The van der Waals surface area contributed by atoms with Gasteiger partial charge in [0.25, 0.3) is 5.91 Å². The first-order chi connectivity index (χ1) is 13.8. The number of Topliss-reactive ketones (excluding diaryl/α,β-unsaturated/α-hetero) is 1. The van der Waals surface area contributed by atoms with Crippen LogP contribution in [0.15, 0.2) is 48.5 Å². The van der Waals surface area contributed by atoms with Gasteiger partial charge in [0.15, 0.2) is 5.78 Å². The zero-order valence-electron chi connectivity index (χ0n) is 15.9. The lowest BCUT2D eigenvalue weighted by Crippen LogP contribution is -2.55. The Kier molecular flexibility index (Phi) is 5.98. The van der Waals surface area contributed by atoms with E-state index in [4.69, 9.17) is 16.3 Å². The molecule has 8 heteroatoms. The van der Waals surface area contributed by atoms with E-state index in [1.807, 2.05) is 0 Å². The Morgan fingerprint density at radius 2 is 1.48 bits per heavy atom. The number of halogens is 1. The third-order valence-corrected chi connectivity index (χ3v) is 4.91. The van der Waals surface area contributed by atoms with Crippen LogP contribution >= 0.6 is 11.6 Å². The summed E-state index contributed by atoms with van der Waals surface area (Å²) in [6.45, 7) is 1.49. The summed E-state index contributed by atoms with van der Waals surface area (Å²) in [6, 6.07) is 11.3. The molecule has 1 atom stereocenters. The average Bonchev–Trinajstić information content (AvgIpc) is 3.06. The van der Waals surface area contributed by atoms with Gasteiger partial charge in [0, 0.05) is 29.0 Å². The summed E-state index contributed by atoms with van der Waals surface area (Å²) in [4.78, 5) is 50.9. The third-order valence-electron chi connectivity index (χ3n) is 4.66. The second kappa shape index (κ2) is 8.45. The summed E-state index contributed by atoms with van der Waals surface area (Å²) in [6.07, 6.45) is -0.0145. The highest BCUT2D eigenvalue weighted by Crippen LogP contribution is 2.23. The lowest BCUT2D eigenvalue weighted by atomic mass is 10.0.